The third kappa shape index (κ3) is 5.27. The molecule has 0 aliphatic rings. The Bertz CT molecular complexity index is 965. The highest BCUT2D eigenvalue weighted by Gasteiger charge is 2.18. The molecule has 1 aromatic heterocycles. The van der Waals surface area contributed by atoms with E-state index in [-0.39, 0.29) is 17.8 Å². The molecule has 0 fully saturated rings. The maximum Gasteiger partial charge on any atom is 0.234 e. The molecule has 0 radical (unpaired) electrons. The molecule has 1 amide bonds. The van der Waals surface area contributed by atoms with Gasteiger partial charge in [0.2, 0.25) is 5.91 Å². The van der Waals surface area contributed by atoms with Crippen molar-refractivity contribution >= 4 is 50.9 Å². The second-order valence-electron chi connectivity index (χ2n) is 5.93. The predicted octanol–water partition coefficient (Wildman–Crippen LogP) is 5.10. The highest BCUT2D eigenvalue weighted by atomic mass is 79.9. The number of ether oxygens (including phenoxy) is 1. The van der Waals surface area contributed by atoms with Crippen molar-refractivity contribution in [3.05, 3.63) is 63.9 Å². The zero-order chi connectivity index (χ0) is 20.1. The monoisotopic (exact) mass is 480 g/mol. The highest BCUT2D eigenvalue weighted by Crippen LogP contribution is 2.25. The van der Waals surface area contributed by atoms with Gasteiger partial charge in [-0.3, -0.25) is 4.79 Å². The second-order valence-corrected chi connectivity index (χ2v) is 8.20. The van der Waals surface area contributed by atoms with Gasteiger partial charge in [-0.25, -0.2) is 0 Å². The van der Waals surface area contributed by atoms with Crippen molar-refractivity contribution in [2.24, 2.45) is 7.05 Å². The summed E-state index contributed by atoms with van der Waals surface area (Å²) in [7, 11) is 1.85. The zero-order valence-electron chi connectivity index (χ0n) is 15.2. The van der Waals surface area contributed by atoms with Gasteiger partial charge in [-0.05, 0) is 43.3 Å². The van der Waals surface area contributed by atoms with E-state index in [0.29, 0.717) is 21.7 Å². The van der Waals surface area contributed by atoms with Gasteiger partial charge in [-0.15, -0.1) is 10.2 Å². The van der Waals surface area contributed by atoms with Crippen molar-refractivity contribution in [3.8, 4) is 5.75 Å². The van der Waals surface area contributed by atoms with E-state index in [4.69, 9.17) is 16.3 Å². The summed E-state index contributed by atoms with van der Waals surface area (Å²) in [6.07, 6.45) is -0.287. The average molecular weight is 482 g/mol. The Morgan fingerprint density at radius 3 is 2.68 bits per heavy atom. The number of rotatable bonds is 7. The minimum absolute atomic E-state index is 0.165. The van der Waals surface area contributed by atoms with Crippen LogP contribution in [-0.4, -0.2) is 26.4 Å². The third-order valence-corrected chi connectivity index (χ3v) is 5.72. The molecule has 0 saturated heterocycles. The number of benzene rings is 2. The Labute approximate surface area is 180 Å². The van der Waals surface area contributed by atoms with E-state index in [9.17, 15) is 4.79 Å². The van der Waals surface area contributed by atoms with Crippen molar-refractivity contribution in [2.45, 2.75) is 18.2 Å². The number of aromatic nitrogens is 3. The first-order valence-corrected chi connectivity index (χ1v) is 10.6. The first kappa shape index (κ1) is 20.7. The number of amides is 1. The number of carbonyl (C=O) groups excluding carboxylic acids is 1. The lowest BCUT2D eigenvalue weighted by Crippen LogP contribution is -2.15. The molecule has 146 valence electrons. The smallest absolute Gasteiger partial charge is 0.234 e. The maximum absolute atomic E-state index is 12.2. The van der Waals surface area contributed by atoms with Gasteiger partial charge >= 0.3 is 0 Å². The fourth-order valence-corrected chi connectivity index (χ4v) is 3.62. The van der Waals surface area contributed by atoms with Crippen LogP contribution in [0, 0.1) is 0 Å². The van der Waals surface area contributed by atoms with Crippen molar-refractivity contribution in [2.75, 3.05) is 11.1 Å². The number of halogens is 2. The fraction of sp³-hybridized carbons (Fsp3) is 0.211. The largest absolute Gasteiger partial charge is 0.483 e. The summed E-state index contributed by atoms with van der Waals surface area (Å²) in [6, 6.07) is 14.7. The molecule has 1 N–H and O–H groups in total. The van der Waals surface area contributed by atoms with Crippen LogP contribution in [0.2, 0.25) is 5.02 Å². The van der Waals surface area contributed by atoms with Crippen molar-refractivity contribution in [1.29, 1.82) is 0 Å². The summed E-state index contributed by atoms with van der Waals surface area (Å²) < 4.78 is 8.74. The molecule has 0 spiro atoms. The number of nitrogens with zero attached hydrogens (tertiary/aromatic N) is 3. The van der Waals surface area contributed by atoms with E-state index in [0.717, 1.165) is 10.2 Å². The van der Waals surface area contributed by atoms with E-state index in [1.165, 1.54) is 11.8 Å². The molecule has 28 heavy (non-hydrogen) atoms. The van der Waals surface area contributed by atoms with Gasteiger partial charge in [-0.2, -0.15) is 0 Å². The van der Waals surface area contributed by atoms with Gasteiger partial charge in [0.15, 0.2) is 17.1 Å². The van der Waals surface area contributed by atoms with Gasteiger partial charge in [0, 0.05) is 11.5 Å². The number of anilines is 1. The molecule has 0 aliphatic heterocycles. The second kappa shape index (κ2) is 9.45. The minimum atomic E-state index is -0.287. The molecule has 2 aromatic carbocycles. The Kier molecular flexibility index (Phi) is 6.98. The summed E-state index contributed by atoms with van der Waals surface area (Å²) in [5.41, 5.74) is 0.588. The van der Waals surface area contributed by atoms with Crippen molar-refractivity contribution in [1.82, 2.24) is 14.8 Å². The van der Waals surface area contributed by atoms with Crippen molar-refractivity contribution < 1.29 is 9.53 Å². The van der Waals surface area contributed by atoms with Gasteiger partial charge in [0.25, 0.3) is 0 Å². The van der Waals surface area contributed by atoms with Crippen LogP contribution in [0.4, 0.5) is 5.69 Å². The van der Waals surface area contributed by atoms with Crippen LogP contribution >= 0.6 is 39.3 Å². The molecule has 3 rings (SSSR count). The predicted molar refractivity (Wildman–Crippen MR) is 115 cm³/mol. The molecule has 9 heteroatoms. The Hall–Kier alpha value is -2.03. The van der Waals surface area contributed by atoms with Crippen LogP contribution < -0.4 is 10.1 Å². The highest BCUT2D eigenvalue weighted by molar-refractivity contribution is 9.10. The zero-order valence-corrected chi connectivity index (χ0v) is 18.4. The molecule has 0 saturated carbocycles. The van der Waals surface area contributed by atoms with E-state index < -0.39 is 0 Å². The van der Waals surface area contributed by atoms with Gasteiger partial charge in [0.1, 0.15) is 5.75 Å². The summed E-state index contributed by atoms with van der Waals surface area (Å²) in [5, 5.41) is 12.3. The number of hydrogen-bond acceptors (Lipinski definition) is 5. The SMILES string of the molecule is CC(Oc1ccc(Br)cc1)c1nnc(SCC(=O)Nc2ccccc2Cl)n1C. The average Bonchev–Trinajstić information content (AvgIpc) is 3.04. The first-order valence-electron chi connectivity index (χ1n) is 8.42. The van der Waals surface area contributed by atoms with Crippen LogP contribution in [0.3, 0.4) is 0 Å². The van der Waals surface area contributed by atoms with E-state index in [2.05, 4.69) is 31.4 Å². The first-order chi connectivity index (χ1) is 13.4. The van der Waals surface area contributed by atoms with Crippen molar-refractivity contribution in [3.63, 3.8) is 0 Å². The number of nitrogens with one attached hydrogen (secondary N) is 1. The molecular weight excluding hydrogens is 464 g/mol. The van der Waals surface area contributed by atoms with Crippen LogP contribution in [0.1, 0.15) is 18.9 Å². The number of carbonyl (C=O) groups is 1. The standard InChI is InChI=1S/C19H18BrClN4O2S/c1-12(27-14-9-7-13(20)8-10-14)18-23-24-19(25(18)2)28-11-17(26)22-16-6-4-3-5-15(16)21/h3-10,12H,11H2,1-2H3,(H,22,26). The molecule has 1 heterocycles. The molecule has 3 aromatic rings. The molecule has 1 atom stereocenters. The minimum Gasteiger partial charge on any atom is -0.483 e. The molecule has 0 bridgehead atoms. The lowest BCUT2D eigenvalue weighted by atomic mass is 10.3. The molecule has 0 aliphatic carbocycles. The molecule has 1 unspecified atom stereocenters. The Balaban J connectivity index is 1.58. The van der Waals surface area contributed by atoms with Crippen LogP contribution in [0.25, 0.3) is 0 Å². The van der Waals surface area contributed by atoms with Crippen LogP contribution in [-0.2, 0) is 11.8 Å². The molecule has 6 nitrogen and oxygen atoms in total. The fourth-order valence-electron chi connectivity index (χ4n) is 2.45. The summed E-state index contributed by atoms with van der Waals surface area (Å²) in [5.74, 6) is 1.45. The maximum atomic E-state index is 12.2. The number of para-hydroxylation sites is 1. The van der Waals surface area contributed by atoms with Gasteiger partial charge in [0.05, 0.1) is 16.5 Å². The topological polar surface area (TPSA) is 69.0 Å². The summed E-state index contributed by atoms with van der Waals surface area (Å²) in [4.78, 5) is 12.2. The summed E-state index contributed by atoms with van der Waals surface area (Å²) in [6.45, 7) is 1.91. The van der Waals surface area contributed by atoms with Crippen LogP contribution in [0.15, 0.2) is 58.2 Å². The van der Waals surface area contributed by atoms with E-state index >= 15 is 0 Å². The Morgan fingerprint density at radius 2 is 1.96 bits per heavy atom. The Morgan fingerprint density at radius 1 is 1.25 bits per heavy atom. The third-order valence-electron chi connectivity index (χ3n) is 3.84. The van der Waals surface area contributed by atoms with E-state index in [1.807, 2.05) is 54.9 Å². The molecular formula is C19H18BrClN4O2S. The van der Waals surface area contributed by atoms with Crippen LogP contribution in [0.5, 0.6) is 5.75 Å². The quantitative estimate of drug-likeness (QED) is 0.475. The van der Waals surface area contributed by atoms with Gasteiger partial charge in [-0.1, -0.05) is 51.4 Å². The van der Waals surface area contributed by atoms with E-state index in [1.54, 1.807) is 12.1 Å². The number of thioether (sulfide) groups is 1. The summed E-state index contributed by atoms with van der Waals surface area (Å²) >= 11 is 10.8. The lowest BCUT2D eigenvalue weighted by molar-refractivity contribution is -0.113. The lowest BCUT2D eigenvalue weighted by Gasteiger charge is -2.14. The van der Waals surface area contributed by atoms with Gasteiger partial charge < -0.3 is 14.6 Å². The number of hydrogen-bond donors (Lipinski definition) is 1. The normalized spacial score (nSPS) is 11.9.